The summed E-state index contributed by atoms with van der Waals surface area (Å²) < 4.78 is 38.2. The van der Waals surface area contributed by atoms with Crippen LogP contribution in [-0.2, 0) is 11.0 Å². The monoisotopic (exact) mass is 435 g/mol. The molecule has 10 heteroatoms. The van der Waals surface area contributed by atoms with Crippen molar-refractivity contribution in [2.24, 2.45) is 16.6 Å². The number of nitrogens with one attached hydrogen (secondary N) is 2. The van der Waals surface area contributed by atoms with Gasteiger partial charge in [0.1, 0.15) is 5.84 Å². The number of rotatable bonds is 7. The lowest BCUT2D eigenvalue weighted by Crippen LogP contribution is -2.41. The summed E-state index contributed by atoms with van der Waals surface area (Å²) in [5.74, 6) is -0.662. The van der Waals surface area contributed by atoms with Crippen molar-refractivity contribution in [3.8, 4) is 6.07 Å². The molecular weight excluding hydrogens is 411 g/mol. The highest BCUT2D eigenvalue weighted by molar-refractivity contribution is 6.14. The van der Waals surface area contributed by atoms with E-state index in [0.29, 0.717) is 31.2 Å². The average Bonchev–Trinajstić information content (AvgIpc) is 2.73. The van der Waals surface area contributed by atoms with E-state index in [1.165, 1.54) is 0 Å². The van der Waals surface area contributed by atoms with E-state index in [1.807, 2.05) is 0 Å². The van der Waals surface area contributed by atoms with Gasteiger partial charge in [0.25, 0.3) is 0 Å². The lowest BCUT2D eigenvalue weighted by molar-refractivity contribution is -0.137. The molecule has 31 heavy (non-hydrogen) atoms. The van der Waals surface area contributed by atoms with Gasteiger partial charge in [0.05, 0.1) is 40.6 Å². The minimum absolute atomic E-state index is 0.00536. The van der Waals surface area contributed by atoms with Crippen molar-refractivity contribution in [3.63, 3.8) is 0 Å². The number of nitriles is 1. The van der Waals surface area contributed by atoms with Crippen LogP contribution in [0.4, 0.5) is 18.9 Å². The van der Waals surface area contributed by atoms with Crippen LogP contribution < -0.4 is 16.4 Å². The second-order valence-electron chi connectivity index (χ2n) is 7.06. The zero-order valence-corrected chi connectivity index (χ0v) is 16.9. The third-order valence-corrected chi connectivity index (χ3v) is 4.87. The number of hydrogen-bond acceptors (Lipinski definition) is 6. The number of carbonyl (C=O) groups is 1. The van der Waals surface area contributed by atoms with E-state index in [2.05, 4.69) is 21.7 Å². The Balaban J connectivity index is 2.37. The lowest BCUT2D eigenvalue weighted by atomic mass is 9.83. The summed E-state index contributed by atoms with van der Waals surface area (Å²) in [7, 11) is 1.66. The van der Waals surface area contributed by atoms with E-state index in [9.17, 15) is 28.3 Å². The maximum atomic E-state index is 12.7. The lowest BCUT2D eigenvalue weighted by Gasteiger charge is -2.32. The predicted octanol–water partition coefficient (Wildman–Crippen LogP) is 2.52. The summed E-state index contributed by atoms with van der Waals surface area (Å²) in [6, 6.07) is 5.91. The van der Waals surface area contributed by atoms with E-state index >= 15 is 0 Å². The second-order valence-corrected chi connectivity index (χ2v) is 7.06. The van der Waals surface area contributed by atoms with Crippen molar-refractivity contribution in [2.45, 2.75) is 37.6 Å². The van der Waals surface area contributed by atoms with Crippen LogP contribution in [0.5, 0.6) is 0 Å². The average molecular weight is 435 g/mol. The first kappa shape index (κ1) is 24.0. The highest BCUT2D eigenvalue weighted by Gasteiger charge is 2.31. The summed E-state index contributed by atoms with van der Waals surface area (Å²) in [4.78, 5) is 15.9. The molecule has 0 saturated heterocycles. The van der Waals surface area contributed by atoms with Crippen molar-refractivity contribution >= 4 is 17.8 Å². The molecule has 1 fully saturated rings. The Bertz CT molecular complexity index is 901. The summed E-state index contributed by atoms with van der Waals surface area (Å²) in [5.41, 5.74) is 5.62. The molecule has 1 aliphatic carbocycles. The minimum Gasteiger partial charge on any atom is -0.394 e. The van der Waals surface area contributed by atoms with E-state index < -0.39 is 23.8 Å². The van der Waals surface area contributed by atoms with E-state index in [0.717, 1.165) is 24.3 Å². The van der Waals surface area contributed by atoms with E-state index in [1.54, 1.807) is 19.3 Å². The predicted molar refractivity (Wildman–Crippen MR) is 110 cm³/mol. The second kappa shape index (κ2) is 10.6. The van der Waals surface area contributed by atoms with Crippen LogP contribution in [0.2, 0.25) is 0 Å². The SMILES string of the molecule is CN/C=C\C(N[C@@H]1CC[C@H](O)CC1C#N)=C(/C=O)C(N)=Nc1ccc(C(F)(F)F)cc1. The van der Waals surface area contributed by atoms with Crippen molar-refractivity contribution in [1.29, 1.82) is 5.26 Å². The van der Waals surface area contributed by atoms with Crippen LogP contribution in [0.3, 0.4) is 0 Å². The molecule has 0 amide bonds. The van der Waals surface area contributed by atoms with Crippen LogP contribution in [0.1, 0.15) is 24.8 Å². The number of aliphatic imine (C=N–C) groups is 1. The molecule has 166 valence electrons. The number of nitrogens with zero attached hydrogens (tertiary/aromatic N) is 2. The molecule has 7 nitrogen and oxygen atoms in total. The minimum atomic E-state index is -4.47. The van der Waals surface area contributed by atoms with Gasteiger partial charge < -0.3 is 21.5 Å². The number of aldehydes is 1. The van der Waals surface area contributed by atoms with Crippen LogP contribution in [0.25, 0.3) is 0 Å². The van der Waals surface area contributed by atoms with E-state index in [-0.39, 0.29) is 23.1 Å². The van der Waals surface area contributed by atoms with Crippen LogP contribution in [0.15, 0.2) is 52.8 Å². The highest BCUT2D eigenvalue weighted by Crippen LogP contribution is 2.30. The molecular formula is C21H24F3N5O2. The first-order chi connectivity index (χ1) is 14.7. The van der Waals surface area contributed by atoms with Crippen LogP contribution in [-0.4, -0.2) is 36.4 Å². The molecule has 1 aromatic carbocycles. The van der Waals surface area contributed by atoms with Crippen LogP contribution >= 0.6 is 0 Å². The molecule has 2 rings (SSSR count). The van der Waals surface area contributed by atoms with Gasteiger partial charge in [-0.1, -0.05) is 0 Å². The summed E-state index contributed by atoms with van der Waals surface area (Å²) in [6.07, 6.45) is -0.105. The van der Waals surface area contributed by atoms with Crippen molar-refractivity contribution in [1.82, 2.24) is 10.6 Å². The Morgan fingerprint density at radius 2 is 2.00 bits per heavy atom. The van der Waals surface area contributed by atoms with Gasteiger partial charge in [-0.25, -0.2) is 4.99 Å². The Labute approximate surface area is 178 Å². The highest BCUT2D eigenvalue weighted by atomic mass is 19.4. The molecule has 0 radical (unpaired) electrons. The number of carbonyl (C=O) groups excluding carboxylic acids is 1. The number of aliphatic hydroxyl groups excluding tert-OH is 1. The van der Waals surface area contributed by atoms with Gasteiger partial charge in [-0.2, -0.15) is 18.4 Å². The van der Waals surface area contributed by atoms with E-state index in [4.69, 9.17) is 5.73 Å². The van der Waals surface area contributed by atoms with Gasteiger partial charge in [0.15, 0.2) is 6.29 Å². The van der Waals surface area contributed by atoms with Gasteiger partial charge in [0.2, 0.25) is 0 Å². The van der Waals surface area contributed by atoms with Gasteiger partial charge in [-0.05, 0) is 55.8 Å². The molecule has 1 aliphatic rings. The quantitative estimate of drug-likeness (QED) is 0.172. The summed E-state index contributed by atoms with van der Waals surface area (Å²) >= 11 is 0. The fraction of sp³-hybridized carbons (Fsp3) is 0.381. The Kier molecular flexibility index (Phi) is 8.22. The largest absolute Gasteiger partial charge is 0.416 e. The van der Waals surface area contributed by atoms with Gasteiger partial charge >= 0.3 is 6.18 Å². The van der Waals surface area contributed by atoms with Crippen molar-refractivity contribution < 1.29 is 23.1 Å². The van der Waals surface area contributed by atoms with Gasteiger partial charge in [0, 0.05) is 13.1 Å². The van der Waals surface area contributed by atoms with Gasteiger partial charge in [-0.3, -0.25) is 4.79 Å². The smallest absolute Gasteiger partial charge is 0.394 e. The first-order valence-corrected chi connectivity index (χ1v) is 9.58. The molecule has 5 N–H and O–H groups in total. The zero-order chi connectivity index (χ0) is 23.0. The van der Waals surface area contributed by atoms with Crippen molar-refractivity contribution in [2.75, 3.05) is 7.05 Å². The maximum Gasteiger partial charge on any atom is 0.416 e. The number of halogens is 3. The number of alkyl halides is 3. The Hall–Kier alpha value is -3.32. The summed E-state index contributed by atoms with van der Waals surface area (Å²) in [5, 5.41) is 25.1. The molecule has 0 bridgehead atoms. The zero-order valence-electron chi connectivity index (χ0n) is 16.9. The Morgan fingerprint density at radius 3 is 2.55 bits per heavy atom. The molecule has 1 saturated carbocycles. The molecule has 0 heterocycles. The molecule has 1 aromatic rings. The van der Waals surface area contributed by atoms with Gasteiger partial charge in [-0.15, -0.1) is 0 Å². The topological polar surface area (TPSA) is 124 Å². The number of nitrogens with two attached hydrogens (primary N) is 1. The molecule has 3 atom stereocenters. The fourth-order valence-electron chi connectivity index (χ4n) is 3.23. The number of benzene rings is 1. The number of allylic oxidation sites excluding steroid dienone is 1. The first-order valence-electron chi connectivity index (χ1n) is 9.58. The number of amidine groups is 1. The molecule has 0 aromatic heterocycles. The maximum absolute atomic E-state index is 12.7. The third kappa shape index (κ3) is 6.58. The van der Waals surface area contributed by atoms with Crippen molar-refractivity contribution in [3.05, 3.63) is 53.4 Å². The number of hydrogen-bond donors (Lipinski definition) is 4. The third-order valence-electron chi connectivity index (χ3n) is 4.87. The molecule has 1 unspecified atom stereocenters. The molecule has 0 aliphatic heterocycles. The summed E-state index contributed by atoms with van der Waals surface area (Å²) in [6.45, 7) is 0. The number of aliphatic hydroxyl groups is 1. The fourth-order valence-corrected chi connectivity index (χ4v) is 3.23. The van der Waals surface area contributed by atoms with Crippen LogP contribution in [0, 0.1) is 17.2 Å². The standard InChI is InChI=1S/C21H24F3N5O2/c1-27-9-8-19(29-18-7-6-16(31)10-13(18)11-25)17(12-30)20(26)28-15-4-2-14(3-5-15)21(22,23)24/h2-5,8-9,12-13,16,18,27,29,31H,6-7,10H2,1H3,(H2,26,28)/b9-8-,19-17-/t13?,16-,18+/m0/s1. The Morgan fingerprint density at radius 1 is 1.32 bits per heavy atom. The normalized spacial score (nSPS) is 23.1. The molecule has 0 spiro atoms.